The number of pyridine rings is 1. The number of carbonyl (C=O) groups is 1. The van der Waals surface area contributed by atoms with Crippen molar-refractivity contribution in [2.75, 3.05) is 5.32 Å². The van der Waals surface area contributed by atoms with Crippen LogP contribution >= 0.6 is 0 Å². The number of para-hydroxylation sites is 1. The Bertz CT molecular complexity index is 634. The summed E-state index contributed by atoms with van der Waals surface area (Å²) in [5.41, 5.74) is 0.465. The number of anilines is 1. The van der Waals surface area contributed by atoms with E-state index in [0.717, 1.165) is 0 Å². The molecule has 4 nitrogen and oxygen atoms in total. The van der Waals surface area contributed by atoms with Crippen LogP contribution in [0.15, 0.2) is 42.6 Å². The molecule has 1 amide bonds. The van der Waals surface area contributed by atoms with Crippen molar-refractivity contribution in [1.29, 1.82) is 5.26 Å². The second-order valence-corrected chi connectivity index (χ2v) is 3.48. The van der Waals surface area contributed by atoms with Gasteiger partial charge in [0, 0.05) is 6.20 Å². The Morgan fingerprint density at radius 1 is 1.33 bits per heavy atom. The fourth-order valence-electron chi connectivity index (χ4n) is 1.37. The molecule has 2 rings (SSSR count). The molecule has 0 unspecified atom stereocenters. The van der Waals surface area contributed by atoms with E-state index < -0.39 is 11.7 Å². The van der Waals surface area contributed by atoms with Crippen molar-refractivity contribution >= 4 is 11.6 Å². The van der Waals surface area contributed by atoms with Gasteiger partial charge in [0.25, 0.3) is 5.91 Å². The second-order valence-electron chi connectivity index (χ2n) is 3.48. The van der Waals surface area contributed by atoms with Gasteiger partial charge in [0.15, 0.2) is 0 Å². The van der Waals surface area contributed by atoms with E-state index in [4.69, 9.17) is 5.26 Å². The largest absolute Gasteiger partial charge is 0.318 e. The lowest BCUT2D eigenvalue weighted by molar-refractivity contribution is 0.102. The zero-order valence-electron chi connectivity index (χ0n) is 9.22. The predicted molar refractivity (Wildman–Crippen MR) is 63.3 cm³/mol. The summed E-state index contributed by atoms with van der Waals surface area (Å²) in [4.78, 5) is 15.6. The summed E-state index contributed by atoms with van der Waals surface area (Å²) in [6.45, 7) is 0. The molecule has 0 aliphatic heterocycles. The van der Waals surface area contributed by atoms with E-state index in [2.05, 4.69) is 10.3 Å². The van der Waals surface area contributed by atoms with Gasteiger partial charge >= 0.3 is 0 Å². The van der Waals surface area contributed by atoms with Gasteiger partial charge in [-0.15, -0.1) is 0 Å². The standard InChI is InChI=1S/C13H8FN3O/c14-10-3-1-2-4-11(10)17-13(18)12-7-9(8-15)5-6-16-12/h1-7H,(H,17,18). The van der Waals surface area contributed by atoms with Gasteiger partial charge in [-0.2, -0.15) is 5.26 Å². The van der Waals surface area contributed by atoms with E-state index in [0.29, 0.717) is 5.56 Å². The average Bonchev–Trinajstić information content (AvgIpc) is 2.41. The Labute approximate surface area is 103 Å². The molecule has 0 atom stereocenters. The van der Waals surface area contributed by atoms with Crippen molar-refractivity contribution in [2.24, 2.45) is 0 Å². The highest BCUT2D eigenvalue weighted by Gasteiger charge is 2.10. The number of nitrogens with one attached hydrogen (secondary N) is 1. The molecule has 5 heteroatoms. The van der Waals surface area contributed by atoms with Gasteiger partial charge in [0.2, 0.25) is 0 Å². The molecule has 1 aromatic carbocycles. The molecule has 1 N–H and O–H groups in total. The monoisotopic (exact) mass is 241 g/mol. The van der Waals surface area contributed by atoms with E-state index in [-0.39, 0.29) is 11.4 Å². The summed E-state index contributed by atoms with van der Waals surface area (Å²) in [6.07, 6.45) is 1.36. The minimum atomic E-state index is -0.558. The van der Waals surface area contributed by atoms with Crippen LogP contribution in [0.3, 0.4) is 0 Å². The van der Waals surface area contributed by atoms with Crippen LogP contribution in [-0.2, 0) is 0 Å². The summed E-state index contributed by atoms with van der Waals surface area (Å²) in [6, 6.07) is 10.6. The molecule has 1 aromatic heterocycles. The Morgan fingerprint density at radius 2 is 2.11 bits per heavy atom. The van der Waals surface area contributed by atoms with Gasteiger partial charge in [0.1, 0.15) is 11.5 Å². The molecule has 0 aliphatic rings. The van der Waals surface area contributed by atoms with Crippen LogP contribution in [0.1, 0.15) is 16.1 Å². The van der Waals surface area contributed by atoms with E-state index in [1.807, 2.05) is 6.07 Å². The maximum atomic E-state index is 13.3. The number of amides is 1. The Hall–Kier alpha value is -2.74. The molecule has 0 radical (unpaired) electrons. The number of hydrogen-bond donors (Lipinski definition) is 1. The fraction of sp³-hybridized carbons (Fsp3) is 0. The number of nitriles is 1. The molecule has 2 aromatic rings. The van der Waals surface area contributed by atoms with Gasteiger partial charge in [-0.1, -0.05) is 12.1 Å². The number of nitrogens with zero attached hydrogens (tertiary/aromatic N) is 2. The van der Waals surface area contributed by atoms with Gasteiger partial charge < -0.3 is 5.32 Å². The summed E-state index contributed by atoms with van der Waals surface area (Å²) < 4.78 is 13.3. The molecule has 0 spiro atoms. The van der Waals surface area contributed by atoms with Crippen molar-refractivity contribution in [3.8, 4) is 6.07 Å². The first kappa shape index (κ1) is 11.7. The number of rotatable bonds is 2. The van der Waals surface area contributed by atoms with Gasteiger partial charge in [-0.3, -0.25) is 9.78 Å². The van der Waals surface area contributed by atoms with Crippen molar-refractivity contribution in [1.82, 2.24) is 4.98 Å². The molecule has 18 heavy (non-hydrogen) atoms. The number of aromatic nitrogens is 1. The minimum absolute atomic E-state index is 0.0669. The Kier molecular flexibility index (Phi) is 3.30. The molecule has 0 saturated heterocycles. The number of halogens is 1. The van der Waals surface area contributed by atoms with Crippen LogP contribution < -0.4 is 5.32 Å². The second kappa shape index (κ2) is 5.06. The van der Waals surface area contributed by atoms with Crippen molar-refractivity contribution in [2.45, 2.75) is 0 Å². The normalized spacial score (nSPS) is 9.56. The summed E-state index contributed by atoms with van der Waals surface area (Å²) in [7, 11) is 0. The number of carbonyl (C=O) groups excluding carboxylic acids is 1. The highest BCUT2D eigenvalue weighted by Crippen LogP contribution is 2.13. The predicted octanol–water partition coefficient (Wildman–Crippen LogP) is 2.34. The minimum Gasteiger partial charge on any atom is -0.318 e. The molecule has 0 aliphatic carbocycles. The van der Waals surface area contributed by atoms with Crippen LogP contribution in [0.5, 0.6) is 0 Å². The van der Waals surface area contributed by atoms with Gasteiger partial charge in [-0.05, 0) is 24.3 Å². The topological polar surface area (TPSA) is 65.8 Å². The zero-order valence-corrected chi connectivity index (χ0v) is 9.22. The summed E-state index contributed by atoms with van der Waals surface area (Å²) in [5.74, 6) is -1.08. The van der Waals surface area contributed by atoms with Crippen LogP contribution in [0, 0.1) is 17.1 Å². The van der Waals surface area contributed by atoms with Crippen molar-refractivity contribution in [3.63, 3.8) is 0 Å². The van der Waals surface area contributed by atoms with E-state index in [1.54, 1.807) is 6.07 Å². The lowest BCUT2D eigenvalue weighted by atomic mass is 10.2. The lowest BCUT2D eigenvalue weighted by Crippen LogP contribution is -2.14. The maximum absolute atomic E-state index is 13.3. The molecule has 0 saturated carbocycles. The van der Waals surface area contributed by atoms with Crippen LogP contribution in [0.2, 0.25) is 0 Å². The lowest BCUT2D eigenvalue weighted by Gasteiger charge is -2.05. The molecule has 0 bridgehead atoms. The van der Waals surface area contributed by atoms with E-state index >= 15 is 0 Å². The van der Waals surface area contributed by atoms with E-state index in [1.165, 1.54) is 36.5 Å². The molecule has 88 valence electrons. The third-order valence-electron chi connectivity index (χ3n) is 2.24. The first-order valence-corrected chi connectivity index (χ1v) is 5.13. The Morgan fingerprint density at radius 3 is 2.83 bits per heavy atom. The zero-order chi connectivity index (χ0) is 13.0. The van der Waals surface area contributed by atoms with Crippen LogP contribution in [-0.4, -0.2) is 10.9 Å². The third kappa shape index (κ3) is 2.50. The van der Waals surface area contributed by atoms with Crippen LogP contribution in [0.25, 0.3) is 0 Å². The third-order valence-corrected chi connectivity index (χ3v) is 2.24. The molecular weight excluding hydrogens is 233 g/mol. The first-order chi connectivity index (χ1) is 8.70. The molecule has 1 heterocycles. The quantitative estimate of drug-likeness (QED) is 0.877. The number of benzene rings is 1. The highest BCUT2D eigenvalue weighted by atomic mass is 19.1. The van der Waals surface area contributed by atoms with Crippen molar-refractivity contribution in [3.05, 3.63) is 59.7 Å². The Balaban J connectivity index is 2.23. The number of hydrogen-bond acceptors (Lipinski definition) is 3. The SMILES string of the molecule is N#Cc1ccnc(C(=O)Nc2ccccc2F)c1. The first-order valence-electron chi connectivity index (χ1n) is 5.13. The summed E-state index contributed by atoms with van der Waals surface area (Å²) in [5, 5.41) is 11.1. The van der Waals surface area contributed by atoms with Gasteiger partial charge in [0.05, 0.1) is 17.3 Å². The van der Waals surface area contributed by atoms with Gasteiger partial charge in [-0.25, -0.2) is 4.39 Å². The fourth-order valence-corrected chi connectivity index (χ4v) is 1.37. The molecular formula is C13H8FN3O. The summed E-state index contributed by atoms with van der Waals surface area (Å²) >= 11 is 0. The smallest absolute Gasteiger partial charge is 0.274 e. The van der Waals surface area contributed by atoms with Crippen molar-refractivity contribution < 1.29 is 9.18 Å². The van der Waals surface area contributed by atoms with E-state index in [9.17, 15) is 9.18 Å². The average molecular weight is 241 g/mol. The highest BCUT2D eigenvalue weighted by molar-refractivity contribution is 6.03. The maximum Gasteiger partial charge on any atom is 0.274 e. The molecule has 0 fully saturated rings. The van der Waals surface area contributed by atoms with Crippen LogP contribution in [0.4, 0.5) is 10.1 Å².